The Balaban J connectivity index is 4.79. The minimum absolute atomic E-state index is 0.0115. The van der Waals surface area contributed by atoms with Crippen molar-refractivity contribution in [1.29, 1.82) is 0 Å². The molecule has 0 bridgehead atoms. The summed E-state index contributed by atoms with van der Waals surface area (Å²) in [4.78, 5) is 34.3. The molecule has 0 heterocycles. The van der Waals surface area contributed by atoms with Crippen molar-refractivity contribution in [2.45, 2.75) is 37.6 Å². The van der Waals surface area contributed by atoms with Crippen LogP contribution in [0.3, 0.4) is 0 Å². The highest BCUT2D eigenvalue weighted by Gasteiger charge is 2.26. The Morgan fingerprint density at radius 2 is 1.85 bits per heavy atom. The second-order valence-electron chi connectivity index (χ2n) is 5.59. The van der Waals surface area contributed by atoms with Crippen LogP contribution >= 0.6 is 12.2 Å². The Hall–Kier alpha value is -2.06. The molecule has 10 N–H and O–H groups in total. The molecule has 0 aromatic heterocycles. The lowest BCUT2D eigenvalue weighted by atomic mass is 10.2. The Labute approximate surface area is 155 Å². The number of carbonyl (C=O) groups is 3. The van der Waals surface area contributed by atoms with Gasteiger partial charge in [-0.05, 0) is 6.92 Å². The molecule has 0 aliphatic heterocycles. The summed E-state index contributed by atoms with van der Waals surface area (Å²) in [5, 5.41) is 33.1. The minimum Gasteiger partial charge on any atom is -0.480 e. The van der Waals surface area contributed by atoms with E-state index in [4.69, 9.17) is 33.9 Å². The Bertz CT molecular complexity index is 519. The Morgan fingerprint density at radius 3 is 2.27 bits per heavy atom. The number of carboxylic acid groups (broad SMARTS) is 1. The van der Waals surface area contributed by atoms with Gasteiger partial charge in [0.2, 0.25) is 5.91 Å². The second-order valence-corrected chi connectivity index (χ2v) is 6.01. The summed E-state index contributed by atoms with van der Waals surface area (Å²) in [6.45, 7) is 0.867. The highest BCUT2D eigenvalue weighted by atomic mass is 32.1. The smallest absolute Gasteiger partial charge is 0.328 e. The number of urea groups is 1. The molecule has 150 valence electrons. The lowest BCUT2D eigenvalue weighted by Gasteiger charge is -2.27. The number of carboxylic acids is 1. The predicted molar refractivity (Wildman–Crippen MR) is 95.8 cm³/mol. The third-order valence-electron chi connectivity index (χ3n) is 3.24. The largest absolute Gasteiger partial charge is 0.480 e. The maximum absolute atomic E-state index is 11.9. The third kappa shape index (κ3) is 8.87. The van der Waals surface area contributed by atoms with Gasteiger partial charge in [0, 0.05) is 20.0 Å². The van der Waals surface area contributed by atoms with Gasteiger partial charge in [-0.3, -0.25) is 4.79 Å². The van der Waals surface area contributed by atoms with Crippen LogP contribution in [0.4, 0.5) is 4.79 Å². The van der Waals surface area contributed by atoms with Gasteiger partial charge in [-0.25, -0.2) is 15.0 Å². The van der Waals surface area contributed by atoms with E-state index in [9.17, 15) is 19.5 Å². The molecule has 13 heteroatoms. The van der Waals surface area contributed by atoms with Crippen molar-refractivity contribution in [2.24, 2.45) is 11.5 Å². The minimum atomic E-state index is -1.52. The standard InChI is InChI=1S/C13H26N6O6S/c1-6(21)10(12(23)24)18-13(25)17-7(3-9(15)22)4-16-19(2)11(26)8(14)5-20/h6-8,10,16,20-21H,3-5,14H2,1-2H3,(H2,15,22)(H,23,24)(H2,17,18,25). The van der Waals surface area contributed by atoms with Crippen LogP contribution in [0.2, 0.25) is 0 Å². The highest BCUT2D eigenvalue weighted by Crippen LogP contribution is 1.96. The van der Waals surface area contributed by atoms with Crippen molar-refractivity contribution in [3.05, 3.63) is 0 Å². The number of nitrogens with zero attached hydrogens (tertiary/aromatic N) is 1. The monoisotopic (exact) mass is 394 g/mol. The summed E-state index contributed by atoms with van der Waals surface area (Å²) in [5.74, 6) is -2.11. The summed E-state index contributed by atoms with van der Waals surface area (Å²) in [6, 6.07) is -3.99. The zero-order chi connectivity index (χ0) is 20.4. The van der Waals surface area contributed by atoms with E-state index in [0.717, 1.165) is 0 Å². The number of carbonyl (C=O) groups excluding carboxylic acids is 2. The number of thiocarbonyl (C=S) groups is 1. The topological polar surface area (TPSA) is 203 Å². The maximum Gasteiger partial charge on any atom is 0.328 e. The number of primary amides is 1. The molecule has 0 aliphatic carbocycles. The van der Waals surface area contributed by atoms with E-state index in [2.05, 4.69) is 16.1 Å². The normalized spacial score (nSPS) is 15.3. The molecule has 12 nitrogen and oxygen atoms in total. The molecule has 0 radical (unpaired) electrons. The van der Waals surface area contributed by atoms with Gasteiger partial charge in [0.15, 0.2) is 6.04 Å². The molecule has 0 rings (SSSR count). The van der Waals surface area contributed by atoms with Gasteiger partial charge < -0.3 is 42.4 Å². The fraction of sp³-hybridized carbons (Fsp3) is 0.692. The highest BCUT2D eigenvalue weighted by molar-refractivity contribution is 7.80. The molecule has 4 atom stereocenters. The van der Waals surface area contributed by atoms with Crippen LogP contribution in [-0.2, 0) is 9.59 Å². The summed E-state index contributed by atoms with van der Waals surface area (Å²) < 4.78 is 0. The van der Waals surface area contributed by atoms with Crippen LogP contribution in [0.5, 0.6) is 0 Å². The van der Waals surface area contributed by atoms with E-state index in [1.807, 2.05) is 0 Å². The summed E-state index contributed by atoms with van der Waals surface area (Å²) in [6.07, 6.45) is -1.56. The molecule has 0 saturated heterocycles. The van der Waals surface area contributed by atoms with Crippen LogP contribution in [0, 0.1) is 0 Å². The van der Waals surface area contributed by atoms with Crippen molar-refractivity contribution in [2.75, 3.05) is 20.2 Å². The van der Waals surface area contributed by atoms with Gasteiger partial charge in [-0.2, -0.15) is 0 Å². The van der Waals surface area contributed by atoms with Crippen molar-refractivity contribution < 1.29 is 29.7 Å². The molecule has 0 spiro atoms. The number of rotatable bonds is 11. The average molecular weight is 394 g/mol. The van der Waals surface area contributed by atoms with E-state index < -0.39 is 42.1 Å². The summed E-state index contributed by atoms with van der Waals surface area (Å²) in [5.41, 5.74) is 13.5. The van der Waals surface area contributed by atoms with Crippen LogP contribution < -0.4 is 27.5 Å². The van der Waals surface area contributed by atoms with E-state index in [0.29, 0.717) is 0 Å². The van der Waals surface area contributed by atoms with Crippen LogP contribution in [-0.4, -0.2) is 87.7 Å². The van der Waals surface area contributed by atoms with Gasteiger partial charge in [0.25, 0.3) is 0 Å². The molecular weight excluding hydrogens is 368 g/mol. The van der Waals surface area contributed by atoms with Crippen molar-refractivity contribution in [3.8, 4) is 0 Å². The zero-order valence-corrected chi connectivity index (χ0v) is 15.3. The molecule has 4 unspecified atom stereocenters. The first-order chi connectivity index (χ1) is 12.0. The van der Waals surface area contributed by atoms with Crippen molar-refractivity contribution >= 4 is 35.1 Å². The predicted octanol–water partition coefficient (Wildman–Crippen LogP) is -3.55. The quantitative estimate of drug-likeness (QED) is 0.128. The number of hydrazine groups is 1. The number of aliphatic carboxylic acids is 1. The summed E-state index contributed by atoms with van der Waals surface area (Å²) in [7, 11) is 1.53. The van der Waals surface area contributed by atoms with Crippen LogP contribution in [0.15, 0.2) is 0 Å². The number of hydrogen-bond donors (Lipinski definition) is 8. The third-order valence-corrected chi connectivity index (χ3v) is 3.81. The number of hydrogen-bond acceptors (Lipinski definition) is 8. The van der Waals surface area contributed by atoms with Crippen molar-refractivity contribution in [3.63, 3.8) is 0 Å². The number of aliphatic hydroxyl groups excluding tert-OH is 2. The number of likely N-dealkylation sites (N-methyl/N-ethyl adjacent to an activating group) is 1. The van der Waals surface area contributed by atoms with Gasteiger partial charge in [0.1, 0.15) is 4.99 Å². The van der Waals surface area contributed by atoms with E-state index in [1.54, 1.807) is 0 Å². The van der Waals surface area contributed by atoms with Crippen LogP contribution in [0.25, 0.3) is 0 Å². The van der Waals surface area contributed by atoms with Gasteiger partial charge in [-0.15, -0.1) is 0 Å². The molecule has 0 aromatic rings. The fourth-order valence-corrected chi connectivity index (χ4v) is 1.97. The van der Waals surface area contributed by atoms with E-state index in [-0.39, 0.29) is 24.6 Å². The first-order valence-corrected chi connectivity index (χ1v) is 8.04. The zero-order valence-electron chi connectivity index (χ0n) is 14.5. The Kier molecular flexibility index (Phi) is 10.6. The lowest BCUT2D eigenvalue weighted by Crippen LogP contribution is -2.57. The van der Waals surface area contributed by atoms with E-state index in [1.165, 1.54) is 19.0 Å². The number of nitrogens with one attached hydrogen (secondary N) is 3. The molecule has 0 fully saturated rings. The summed E-state index contributed by atoms with van der Waals surface area (Å²) >= 11 is 5.03. The van der Waals surface area contributed by atoms with E-state index >= 15 is 0 Å². The molecule has 3 amide bonds. The van der Waals surface area contributed by atoms with Gasteiger partial charge in [-0.1, -0.05) is 12.2 Å². The molecule has 26 heavy (non-hydrogen) atoms. The molecule has 0 aromatic carbocycles. The maximum atomic E-state index is 11.9. The van der Waals surface area contributed by atoms with Crippen LogP contribution in [0.1, 0.15) is 13.3 Å². The number of amides is 3. The average Bonchev–Trinajstić information content (AvgIpc) is 2.54. The molecular formula is C13H26N6O6S. The number of aliphatic hydroxyl groups is 2. The first-order valence-electron chi connectivity index (χ1n) is 7.63. The first kappa shape index (κ1) is 23.9. The Morgan fingerprint density at radius 1 is 1.27 bits per heavy atom. The fourth-order valence-electron chi connectivity index (χ4n) is 1.83. The molecule has 0 saturated carbocycles. The lowest BCUT2D eigenvalue weighted by molar-refractivity contribution is -0.141. The molecule has 0 aliphatic rings. The van der Waals surface area contributed by atoms with Gasteiger partial charge in [0.05, 0.1) is 24.8 Å². The SMILES string of the molecule is CC(O)C(NC(=O)NC(CNN(C)C(=S)C(N)CO)CC(N)=O)C(=O)O. The second kappa shape index (κ2) is 11.5. The van der Waals surface area contributed by atoms with Gasteiger partial charge >= 0.3 is 12.0 Å². The number of nitrogens with two attached hydrogens (primary N) is 2. The van der Waals surface area contributed by atoms with Crippen molar-refractivity contribution in [1.82, 2.24) is 21.1 Å².